The molecule has 0 bridgehead atoms. The molecule has 0 spiro atoms. The summed E-state index contributed by atoms with van der Waals surface area (Å²) in [7, 11) is -10.6. The van der Waals surface area contributed by atoms with Gasteiger partial charge in [0.05, 0.1) is 40.9 Å². The van der Waals surface area contributed by atoms with E-state index in [4.69, 9.17) is 24.4 Å². The summed E-state index contributed by atoms with van der Waals surface area (Å²) in [5.41, 5.74) is 0.0891. The van der Waals surface area contributed by atoms with Gasteiger partial charge in [-0.15, -0.1) is 25.5 Å². The number of urea groups is 1. The van der Waals surface area contributed by atoms with Crippen molar-refractivity contribution in [1.29, 1.82) is 5.26 Å². The molecule has 7 aromatic heterocycles. The van der Waals surface area contributed by atoms with Crippen LogP contribution in [0.2, 0.25) is 0 Å². The second-order valence-corrected chi connectivity index (χ2v) is 36.4. The SMILES string of the molecule is CC(C)C(=O)CC#N.CC(C)C(=O)N(C)O.CC(C)C(=O)Nc1nn[nH]n1.CC(C)C(=O)c1nn[nH]n1.CC(C)NC(=O)NS(C)(=O)=O.CC(C)S(=O)(=O)O.CC(C)S(C)(=O)=O.CC(C)c1cc(=O)[nH]o1.CC(C)c1nn[nH]n1.CC(C)c1no[nH]c1=O.CC(C)c1ns[nH]c1=O.CC(C)n1nn[nH]c1=O.COP(=O)(O)C(C)C. The summed E-state index contributed by atoms with van der Waals surface area (Å²) in [6.07, 6.45) is 2.21. The zero-order valence-corrected chi connectivity index (χ0v) is 74.3. The van der Waals surface area contributed by atoms with Crippen LogP contribution in [0.15, 0.2) is 34.4 Å². The fourth-order valence-corrected chi connectivity index (χ4v) is 6.45. The molecule has 114 heavy (non-hydrogen) atoms. The number of nitriles is 1. The number of rotatable bonds is 18. The number of hydrogen-bond donors (Lipinski definition) is 13. The van der Waals surface area contributed by atoms with Crippen molar-refractivity contribution in [2.45, 2.75) is 238 Å². The normalized spacial score (nSPS) is 11.2. The number of H-pyrrole nitrogens is 7. The standard InChI is InChI=1S/C6H9NO2.C6H9NO.C5H9N5O.C5H8N4O.C5H12N2O3S.C5H8N2O2.C5H8N2OS.C5H11NO2.C4H8N4O.C4H8N4.C4H11O3P.C4H10O2S.C3H8O3S/c1-4(2)5-3-6(8)7-9-5;1-5(2)6(8)3-4-7;1-3(2)4(11)6-5-7-9-10-8-5;1-3(2)4(10)5-6-8-9-7-5;1-4(2)6-5(8)7-11(3,9)10;2*1-3(2)4-5(8)7-9-6-4;1-4(2)5(7)6(3)8;1-3(2)8-4(9)5-6-7-8;1-3(2)4-5-7-8-6-4;1-4(2)8(5,6)7-3;1-4(2)7(3,5)6;1-3(2)7(4,5)6/h3-4H,1-2H3,(H,7,8);5H,3H2,1-2H3;3H,1-2H3,(H2,6,7,8,9,10,11);3H,1-2H3,(H,6,7,8,9);4H,1-3H3,(H2,6,7,8);2*3H,1-2H3,(H,7,8);4,8H,1-3H3;3H,1-2H3,(H,5,7,9);3H,1-2H3,(H,5,6,7,8);4H,1-3H3,(H,5,6);4H,1-3H3;3H,1-2H3,(H,4,5,6). The second-order valence-electron chi connectivity index (χ2n) is 26.9. The van der Waals surface area contributed by atoms with Crippen LogP contribution in [0.4, 0.5) is 10.7 Å². The van der Waals surface area contributed by atoms with Crippen molar-refractivity contribution < 1.29 is 82.1 Å². The highest BCUT2D eigenvalue weighted by atomic mass is 32.2. The van der Waals surface area contributed by atoms with Crippen LogP contribution in [0.5, 0.6) is 0 Å². The maximum Gasteiger partial charge on any atom is 0.361 e. The minimum atomic E-state index is -3.74. The van der Waals surface area contributed by atoms with Crippen LogP contribution >= 0.6 is 19.3 Å². The first-order valence-electron chi connectivity index (χ1n) is 34.5. The molecule has 53 heteroatoms. The highest BCUT2D eigenvalue weighted by Crippen LogP contribution is 2.45. The van der Waals surface area contributed by atoms with Gasteiger partial charge in [0, 0.05) is 91.6 Å². The van der Waals surface area contributed by atoms with Crippen molar-refractivity contribution in [3.8, 4) is 6.07 Å². The second kappa shape index (κ2) is 60.0. The lowest BCUT2D eigenvalue weighted by molar-refractivity contribution is -0.162. The van der Waals surface area contributed by atoms with Crippen LogP contribution in [0.1, 0.15) is 250 Å². The average Bonchev–Trinajstić information content (AvgIpc) is 1.77. The molecule has 1 unspecified atom stereocenters. The third-order valence-electron chi connectivity index (χ3n) is 12.1. The number of hydroxylamine groups is 2. The van der Waals surface area contributed by atoms with Crippen LogP contribution in [-0.4, -0.2) is 230 Å². The number of aromatic amines is 7. The van der Waals surface area contributed by atoms with Crippen molar-refractivity contribution in [1.82, 2.24) is 121 Å². The van der Waals surface area contributed by atoms with Gasteiger partial charge < -0.3 is 19.3 Å². The molecule has 7 rings (SSSR count). The van der Waals surface area contributed by atoms with E-state index in [-0.39, 0.29) is 128 Å². The molecule has 0 saturated carbocycles. The van der Waals surface area contributed by atoms with Crippen LogP contribution in [0.25, 0.3) is 0 Å². The van der Waals surface area contributed by atoms with Gasteiger partial charge in [-0.2, -0.15) is 48.7 Å². The molecule has 1 atom stereocenters. The first-order chi connectivity index (χ1) is 52.0. The van der Waals surface area contributed by atoms with Crippen molar-refractivity contribution in [2.75, 3.05) is 32.0 Å². The molecule has 0 aliphatic heterocycles. The highest BCUT2D eigenvalue weighted by molar-refractivity contribution is 7.91. The Labute approximate surface area is 666 Å². The molecule has 0 radical (unpaired) electrons. The van der Waals surface area contributed by atoms with Crippen molar-refractivity contribution >= 4 is 84.7 Å². The third-order valence-corrected chi connectivity index (χ3v) is 17.9. The number of hydrogen-bond acceptors (Lipinski definition) is 35. The number of tetrazole rings is 4. The minimum absolute atomic E-state index is 0.00894. The lowest BCUT2D eigenvalue weighted by Gasteiger charge is -2.10. The smallest absolute Gasteiger partial charge is 0.361 e. The monoisotopic (exact) mass is 1730 g/mol. The number of amides is 4. The first kappa shape index (κ1) is 115. The molecule has 654 valence electrons. The molecule has 0 saturated heterocycles. The van der Waals surface area contributed by atoms with E-state index in [1.54, 1.807) is 108 Å². The summed E-state index contributed by atoms with van der Waals surface area (Å²) in [6, 6.07) is 2.58. The first-order valence-corrected chi connectivity index (χ1v) is 42.3. The number of nitrogens with one attached hydrogen (secondary N) is 10. The topological polar surface area (TPSA) is 715 Å². The zero-order chi connectivity index (χ0) is 90.5. The van der Waals surface area contributed by atoms with E-state index in [0.717, 1.165) is 23.8 Å². The summed E-state index contributed by atoms with van der Waals surface area (Å²) in [4.78, 5) is 105. The Kier molecular flexibility index (Phi) is 60.6. The Balaban J connectivity index is -0.000000278. The van der Waals surface area contributed by atoms with E-state index in [0.29, 0.717) is 28.1 Å². The van der Waals surface area contributed by atoms with Crippen molar-refractivity contribution in [2.24, 2.45) is 23.7 Å². The number of carbonyl (C=O) groups is 5. The molecule has 7 heterocycles. The number of sulfonamides is 1. The van der Waals surface area contributed by atoms with E-state index in [9.17, 15) is 73.0 Å². The maximum atomic E-state index is 11.0. The van der Waals surface area contributed by atoms with Gasteiger partial charge in [-0.05, 0) is 76.2 Å². The Morgan fingerprint density at radius 3 is 1.38 bits per heavy atom. The summed E-state index contributed by atoms with van der Waals surface area (Å²) < 4.78 is 103. The molecule has 0 aliphatic carbocycles. The Morgan fingerprint density at radius 1 is 0.675 bits per heavy atom. The molecule has 4 amide bonds. The van der Waals surface area contributed by atoms with E-state index in [2.05, 4.69) is 121 Å². The number of anilines is 1. The lowest BCUT2D eigenvalue weighted by atomic mass is 10.1. The Hall–Kier alpha value is -9.65. The van der Waals surface area contributed by atoms with E-state index in [1.165, 1.54) is 45.0 Å². The van der Waals surface area contributed by atoms with E-state index >= 15 is 0 Å². The zero-order valence-electron chi connectivity index (χ0n) is 70.1. The molecule has 13 N–H and O–H groups in total. The Morgan fingerprint density at radius 2 is 1.18 bits per heavy atom. The van der Waals surface area contributed by atoms with Crippen molar-refractivity contribution in [3.63, 3.8) is 0 Å². The molecule has 0 aromatic carbocycles. The summed E-state index contributed by atoms with van der Waals surface area (Å²) in [5, 5.41) is 76.4. The largest absolute Gasteiger partial charge is 0.383 e. The molecular formula is C61H119N26O22PS4. The molecule has 0 aliphatic rings. The minimum Gasteiger partial charge on any atom is -0.383 e. The van der Waals surface area contributed by atoms with Gasteiger partial charge in [0.15, 0.2) is 11.5 Å². The fraction of sp³-hybridized carbons (Fsp3) is 0.721. The third kappa shape index (κ3) is 60.9. The van der Waals surface area contributed by atoms with Gasteiger partial charge in [0.2, 0.25) is 33.4 Å². The molecular weight excluding hydrogens is 1610 g/mol. The molecule has 7 aromatic rings. The van der Waals surface area contributed by atoms with Gasteiger partial charge in [-0.3, -0.25) is 62.2 Å². The summed E-state index contributed by atoms with van der Waals surface area (Å²) in [5.74, 6) is 2.16. The molecule has 0 fully saturated rings. The number of sulfone groups is 1. The number of nitrogens with zero attached hydrogens (tertiary/aromatic N) is 16. The van der Waals surface area contributed by atoms with Crippen LogP contribution in [0, 0.1) is 35.0 Å². The predicted octanol–water partition coefficient (Wildman–Crippen LogP) is 5.45. The number of ketones is 2. The fourth-order valence-electron chi connectivity index (χ4n) is 5.01. The maximum absolute atomic E-state index is 11.0. The summed E-state index contributed by atoms with van der Waals surface area (Å²) in [6.45, 7) is 46.5. The van der Waals surface area contributed by atoms with Crippen molar-refractivity contribution in [3.05, 3.63) is 76.4 Å². The number of aromatic nitrogens is 21. The average molecular weight is 1730 g/mol. The number of carbonyl (C=O) groups excluding carboxylic acids is 5. The summed E-state index contributed by atoms with van der Waals surface area (Å²) >= 11 is 1.11. The van der Waals surface area contributed by atoms with Crippen LogP contribution in [-0.2, 0) is 53.5 Å². The van der Waals surface area contributed by atoms with Gasteiger partial charge in [-0.25, -0.2) is 41.3 Å². The van der Waals surface area contributed by atoms with Gasteiger partial charge in [0.25, 0.3) is 27.2 Å². The van der Waals surface area contributed by atoms with Crippen LogP contribution in [0.3, 0.4) is 0 Å². The van der Waals surface area contributed by atoms with Gasteiger partial charge >= 0.3 is 24.9 Å². The lowest BCUT2D eigenvalue weighted by Crippen LogP contribution is -2.41. The van der Waals surface area contributed by atoms with E-state index < -0.39 is 48.9 Å². The Bertz CT molecular complexity index is 4240. The highest BCUT2D eigenvalue weighted by Gasteiger charge is 2.22. The molecule has 48 nitrogen and oxygen atoms in total. The van der Waals surface area contributed by atoms with E-state index in [1.807, 2.05) is 69.2 Å². The van der Waals surface area contributed by atoms with Gasteiger partial charge in [-0.1, -0.05) is 140 Å². The number of Topliss-reactive ketones (excluding diaryl/α,β-unsaturated/α-hetero) is 2. The predicted molar refractivity (Wildman–Crippen MR) is 421 cm³/mol. The quantitative estimate of drug-likeness (QED) is 0.0167. The van der Waals surface area contributed by atoms with Crippen LogP contribution < -0.4 is 37.7 Å². The van der Waals surface area contributed by atoms with Gasteiger partial charge in [0.1, 0.15) is 27.1 Å².